The van der Waals surface area contributed by atoms with Gasteiger partial charge in [0.05, 0.1) is 0 Å². The molecule has 1 fully saturated rings. The van der Waals surface area contributed by atoms with Crippen molar-refractivity contribution in [2.75, 3.05) is 6.54 Å². The molecule has 0 radical (unpaired) electrons. The van der Waals surface area contributed by atoms with Crippen molar-refractivity contribution in [2.24, 2.45) is 0 Å². The molecule has 0 aliphatic heterocycles. The van der Waals surface area contributed by atoms with Gasteiger partial charge in [0.1, 0.15) is 0 Å². The highest BCUT2D eigenvalue weighted by Crippen LogP contribution is 2.26. The summed E-state index contributed by atoms with van der Waals surface area (Å²) in [6.07, 6.45) is 8.07. The Morgan fingerprint density at radius 3 is 2.83 bits per heavy atom. The first-order chi connectivity index (χ1) is 8.79. The van der Waals surface area contributed by atoms with Crippen LogP contribution in [0.4, 0.5) is 0 Å². The molecular weight excluding hydrogens is 286 g/mol. The van der Waals surface area contributed by atoms with E-state index in [9.17, 15) is 0 Å². The van der Waals surface area contributed by atoms with Crippen molar-refractivity contribution in [1.82, 2.24) is 5.32 Å². The van der Waals surface area contributed by atoms with Crippen LogP contribution in [0.15, 0.2) is 28.7 Å². The van der Waals surface area contributed by atoms with Crippen LogP contribution < -0.4 is 5.32 Å². The molecule has 2 heteroatoms. The lowest BCUT2D eigenvalue weighted by molar-refractivity contribution is 0.518. The summed E-state index contributed by atoms with van der Waals surface area (Å²) in [7, 11) is 0. The van der Waals surface area contributed by atoms with Crippen molar-refractivity contribution in [3.05, 3.63) is 34.3 Å². The first-order valence-corrected chi connectivity index (χ1v) is 8.07. The smallest absolute Gasteiger partial charge is 0.0178 e. The van der Waals surface area contributed by atoms with E-state index in [1.807, 2.05) is 0 Å². The lowest BCUT2D eigenvalue weighted by Crippen LogP contribution is -2.23. The minimum absolute atomic E-state index is 0.676. The fraction of sp³-hybridized carbons (Fsp3) is 0.625. The second kappa shape index (κ2) is 7.30. The summed E-state index contributed by atoms with van der Waals surface area (Å²) in [5.74, 6) is 0.676. The predicted octanol–water partition coefficient (Wildman–Crippen LogP) is 4.87. The van der Waals surface area contributed by atoms with Crippen molar-refractivity contribution >= 4 is 15.9 Å². The number of hydrogen-bond donors (Lipinski definition) is 1. The second-order valence-corrected chi connectivity index (χ2v) is 6.35. The topological polar surface area (TPSA) is 12.0 Å². The van der Waals surface area contributed by atoms with E-state index in [0.29, 0.717) is 5.92 Å². The Morgan fingerprint density at radius 2 is 2.17 bits per heavy atom. The number of unbranched alkanes of at least 4 members (excludes halogenated alkanes) is 2. The van der Waals surface area contributed by atoms with E-state index in [-0.39, 0.29) is 0 Å². The maximum Gasteiger partial charge on any atom is 0.0178 e. The number of nitrogens with one attached hydrogen (secondary N) is 1. The first-order valence-electron chi connectivity index (χ1n) is 7.28. The lowest BCUT2D eigenvalue weighted by Gasteiger charge is -2.18. The quantitative estimate of drug-likeness (QED) is 0.676. The van der Waals surface area contributed by atoms with Gasteiger partial charge in [-0.3, -0.25) is 0 Å². The Hall–Kier alpha value is -0.340. The van der Waals surface area contributed by atoms with Crippen LogP contribution in [0.3, 0.4) is 0 Å². The minimum Gasteiger partial charge on any atom is -0.313 e. The fourth-order valence-electron chi connectivity index (χ4n) is 2.38. The summed E-state index contributed by atoms with van der Waals surface area (Å²) < 4.78 is 1.20. The monoisotopic (exact) mass is 309 g/mol. The van der Waals surface area contributed by atoms with Gasteiger partial charge in [0.2, 0.25) is 0 Å². The van der Waals surface area contributed by atoms with Gasteiger partial charge in [-0.2, -0.15) is 0 Å². The van der Waals surface area contributed by atoms with E-state index in [1.54, 1.807) is 0 Å². The molecule has 1 aromatic carbocycles. The third kappa shape index (κ3) is 4.74. The van der Waals surface area contributed by atoms with Gasteiger partial charge in [0, 0.05) is 17.1 Å². The molecule has 0 spiro atoms. The molecule has 0 heterocycles. The van der Waals surface area contributed by atoms with Gasteiger partial charge in [0.25, 0.3) is 0 Å². The fourth-order valence-corrected chi connectivity index (χ4v) is 2.80. The Labute approximate surface area is 119 Å². The minimum atomic E-state index is 0.676. The summed E-state index contributed by atoms with van der Waals surface area (Å²) in [6, 6.07) is 9.64. The zero-order chi connectivity index (χ0) is 12.8. The molecule has 18 heavy (non-hydrogen) atoms. The molecule has 1 nitrogen and oxygen atoms in total. The van der Waals surface area contributed by atoms with E-state index in [1.165, 1.54) is 48.6 Å². The highest BCUT2D eigenvalue weighted by atomic mass is 79.9. The maximum absolute atomic E-state index is 3.69. The second-order valence-electron chi connectivity index (χ2n) is 5.43. The molecule has 2 rings (SSSR count). The lowest BCUT2D eigenvalue weighted by atomic mass is 9.93. The van der Waals surface area contributed by atoms with Crippen LogP contribution in [-0.4, -0.2) is 12.6 Å². The molecule has 1 N–H and O–H groups in total. The molecule has 0 saturated heterocycles. The van der Waals surface area contributed by atoms with E-state index in [0.717, 1.165) is 12.6 Å². The maximum atomic E-state index is 3.69. The van der Waals surface area contributed by atoms with Crippen LogP contribution in [0.25, 0.3) is 0 Å². The Balaban J connectivity index is 1.92. The SMILES string of the molecule is CCCCCC(CNC1CC1)c1cccc(Br)c1. The number of hydrogen-bond acceptors (Lipinski definition) is 1. The summed E-state index contributed by atoms with van der Waals surface area (Å²) in [6.45, 7) is 3.42. The van der Waals surface area contributed by atoms with Gasteiger partial charge in [-0.1, -0.05) is 54.2 Å². The van der Waals surface area contributed by atoms with Gasteiger partial charge < -0.3 is 5.32 Å². The number of benzene rings is 1. The zero-order valence-corrected chi connectivity index (χ0v) is 12.9. The molecule has 1 aliphatic rings. The summed E-state index contributed by atoms with van der Waals surface area (Å²) in [5, 5.41) is 3.69. The van der Waals surface area contributed by atoms with Crippen LogP contribution in [0.1, 0.15) is 56.9 Å². The highest BCUT2D eigenvalue weighted by molar-refractivity contribution is 9.10. The third-order valence-electron chi connectivity index (χ3n) is 3.71. The molecule has 0 amide bonds. The van der Waals surface area contributed by atoms with Crippen molar-refractivity contribution < 1.29 is 0 Å². The van der Waals surface area contributed by atoms with Crippen LogP contribution >= 0.6 is 15.9 Å². The van der Waals surface area contributed by atoms with Crippen LogP contribution in [0.5, 0.6) is 0 Å². The highest BCUT2D eigenvalue weighted by Gasteiger charge is 2.22. The average Bonchev–Trinajstić information content (AvgIpc) is 3.17. The third-order valence-corrected chi connectivity index (χ3v) is 4.20. The standard InChI is InChI=1S/C16H24BrN/c1-2-3-4-6-14(12-18-16-9-10-16)13-7-5-8-15(17)11-13/h5,7-8,11,14,16,18H,2-4,6,9-10,12H2,1H3. The molecule has 1 aliphatic carbocycles. The largest absolute Gasteiger partial charge is 0.313 e. The van der Waals surface area contributed by atoms with E-state index < -0.39 is 0 Å². The average molecular weight is 310 g/mol. The van der Waals surface area contributed by atoms with Crippen molar-refractivity contribution in [3.8, 4) is 0 Å². The van der Waals surface area contributed by atoms with Crippen LogP contribution in [0.2, 0.25) is 0 Å². The van der Waals surface area contributed by atoms with E-state index >= 15 is 0 Å². The van der Waals surface area contributed by atoms with E-state index in [4.69, 9.17) is 0 Å². The molecule has 1 aromatic rings. The Bertz CT molecular complexity index is 360. The Kier molecular flexibility index (Phi) is 5.71. The van der Waals surface area contributed by atoms with Gasteiger partial charge in [-0.15, -0.1) is 0 Å². The molecule has 1 atom stereocenters. The molecule has 0 bridgehead atoms. The Morgan fingerprint density at radius 1 is 1.33 bits per heavy atom. The van der Waals surface area contributed by atoms with Crippen molar-refractivity contribution in [1.29, 1.82) is 0 Å². The normalized spacial score (nSPS) is 16.8. The summed E-state index contributed by atoms with van der Waals surface area (Å²) >= 11 is 3.58. The number of rotatable bonds is 8. The van der Waals surface area contributed by atoms with E-state index in [2.05, 4.69) is 52.4 Å². The number of halogens is 1. The zero-order valence-electron chi connectivity index (χ0n) is 11.3. The molecular formula is C16H24BrN. The van der Waals surface area contributed by atoms with Gasteiger partial charge in [-0.25, -0.2) is 0 Å². The molecule has 0 aromatic heterocycles. The summed E-state index contributed by atoms with van der Waals surface area (Å²) in [4.78, 5) is 0. The molecule has 1 saturated carbocycles. The van der Waals surface area contributed by atoms with Gasteiger partial charge in [-0.05, 0) is 42.9 Å². The summed E-state index contributed by atoms with van der Waals surface area (Å²) in [5.41, 5.74) is 1.48. The van der Waals surface area contributed by atoms with Gasteiger partial charge >= 0.3 is 0 Å². The predicted molar refractivity (Wildman–Crippen MR) is 82.0 cm³/mol. The molecule has 100 valence electrons. The first kappa shape index (κ1) is 14.1. The van der Waals surface area contributed by atoms with Crippen molar-refractivity contribution in [3.63, 3.8) is 0 Å². The van der Waals surface area contributed by atoms with Crippen LogP contribution in [-0.2, 0) is 0 Å². The van der Waals surface area contributed by atoms with Crippen LogP contribution in [0, 0.1) is 0 Å². The van der Waals surface area contributed by atoms with Crippen molar-refractivity contribution in [2.45, 2.75) is 57.4 Å². The van der Waals surface area contributed by atoms with Gasteiger partial charge in [0.15, 0.2) is 0 Å². The molecule has 1 unspecified atom stereocenters.